The molecule has 0 heterocycles. The smallest absolute Gasteiger partial charge is 0.00853 e. The topological polar surface area (TPSA) is 0 Å². The molecule has 0 radical (unpaired) electrons. The van der Waals surface area contributed by atoms with Crippen molar-refractivity contribution in [3.05, 3.63) is 0 Å². The van der Waals surface area contributed by atoms with E-state index in [1.807, 2.05) is 0 Å². The first-order valence-corrected chi connectivity index (χ1v) is 6.95. The number of hydrogen-bond acceptors (Lipinski definition) is 0. The maximum absolute atomic E-state index is 3.67. The normalized spacial score (nSPS) is 25.4. The Bertz CT molecular complexity index is 121. The van der Waals surface area contributed by atoms with Gasteiger partial charge >= 0.3 is 0 Å². The van der Waals surface area contributed by atoms with Crippen molar-refractivity contribution in [3.63, 3.8) is 0 Å². The first kappa shape index (κ1) is 11.6. The molecular formula is C12H23Br. The third kappa shape index (κ3) is 4.49. The average molecular weight is 247 g/mol. The zero-order chi connectivity index (χ0) is 9.57. The molecule has 78 valence electrons. The lowest BCUT2D eigenvalue weighted by Crippen LogP contribution is -2.18. The molecule has 0 spiro atoms. The summed E-state index contributed by atoms with van der Waals surface area (Å²) in [5, 5.41) is 1.19. The molecule has 13 heavy (non-hydrogen) atoms. The van der Waals surface area contributed by atoms with E-state index in [2.05, 4.69) is 22.9 Å². The third-order valence-electron chi connectivity index (χ3n) is 3.38. The quantitative estimate of drug-likeness (QED) is 0.577. The van der Waals surface area contributed by atoms with Crippen molar-refractivity contribution in [3.8, 4) is 0 Å². The lowest BCUT2D eigenvalue weighted by atomic mass is 9.81. The van der Waals surface area contributed by atoms with Gasteiger partial charge in [0.25, 0.3) is 0 Å². The first-order valence-electron chi connectivity index (χ1n) is 5.83. The van der Waals surface area contributed by atoms with Gasteiger partial charge in [-0.15, -0.1) is 0 Å². The van der Waals surface area contributed by atoms with E-state index < -0.39 is 0 Å². The van der Waals surface area contributed by atoms with E-state index in [-0.39, 0.29) is 0 Å². The predicted octanol–water partition coefficient (Wildman–Crippen LogP) is 4.91. The van der Waals surface area contributed by atoms with Gasteiger partial charge in [0.1, 0.15) is 0 Å². The highest BCUT2D eigenvalue weighted by Gasteiger charge is 2.21. The van der Waals surface area contributed by atoms with Crippen molar-refractivity contribution in [2.75, 3.05) is 5.33 Å². The minimum absolute atomic E-state index is 0.595. The molecule has 0 aromatic carbocycles. The fourth-order valence-electron chi connectivity index (χ4n) is 2.25. The van der Waals surface area contributed by atoms with Crippen molar-refractivity contribution >= 4 is 15.9 Å². The van der Waals surface area contributed by atoms with Crippen LogP contribution in [0, 0.1) is 5.41 Å². The van der Waals surface area contributed by atoms with Gasteiger partial charge < -0.3 is 0 Å². The Morgan fingerprint density at radius 3 is 1.62 bits per heavy atom. The molecule has 0 unspecified atom stereocenters. The molecule has 0 atom stereocenters. The largest absolute Gasteiger partial charge is 0.0922 e. The molecule has 1 saturated carbocycles. The summed E-state index contributed by atoms with van der Waals surface area (Å²) in [7, 11) is 0. The van der Waals surface area contributed by atoms with Gasteiger partial charge in [0.05, 0.1) is 0 Å². The van der Waals surface area contributed by atoms with Crippen LogP contribution in [0.25, 0.3) is 0 Å². The zero-order valence-electron chi connectivity index (χ0n) is 8.95. The van der Waals surface area contributed by atoms with Gasteiger partial charge in [-0.1, -0.05) is 67.8 Å². The molecule has 1 rings (SSSR count). The molecule has 0 aromatic rings. The van der Waals surface area contributed by atoms with Crippen LogP contribution >= 0.6 is 15.9 Å². The van der Waals surface area contributed by atoms with Gasteiger partial charge in [-0.25, -0.2) is 0 Å². The summed E-state index contributed by atoms with van der Waals surface area (Å²) in [5.41, 5.74) is 0.595. The minimum atomic E-state index is 0.595. The van der Waals surface area contributed by atoms with E-state index in [0.29, 0.717) is 5.41 Å². The second-order valence-corrected chi connectivity index (χ2v) is 5.48. The molecule has 0 amide bonds. The van der Waals surface area contributed by atoms with Crippen LogP contribution in [0.1, 0.15) is 64.7 Å². The van der Waals surface area contributed by atoms with Crippen molar-refractivity contribution in [1.29, 1.82) is 0 Å². The number of alkyl halides is 1. The Balaban J connectivity index is 2.34. The minimum Gasteiger partial charge on any atom is -0.0922 e. The van der Waals surface area contributed by atoms with Crippen molar-refractivity contribution < 1.29 is 0 Å². The van der Waals surface area contributed by atoms with Crippen LogP contribution in [0.15, 0.2) is 0 Å². The van der Waals surface area contributed by atoms with Crippen molar-refractivity contribution in [1.82, 2.24) is 0 Å². The number of hydrogen-bond donors (Lipinski definition) is 0. The van der Waals surface area contributed by atoms with Crippen LogP contribution in [-0.2, 0) is 0 Å². The zero-order valence-corrected chi connectivity index (χ0v) is 10.5. The van der Waals surface area contributed by atoms with Gasteiger partial charge in [0.2, 0.25) is 0 Å². The van der Waals surface area contributed by atoms with E-state index in [1.54, 1.807) is 0 Å². The molecule has 0 aromatic heterocycles. The van der Waals surface area contributed by atoms with Gasteiger partial charge in [0, 0.05) is 5.33 Å². The fraction of sp³-hybridized carbons (Fsp3) is 1.00. The maximum Gasteiger partial charge on any atom is 0.00853 e. The Morgan fingerprint density at radius 2 is 1.23 bits per heavy atom. The summed E-state index contributed by atoms with van der Waals surface area (Å²) in [5.74, 6) is 0. The molecule has 1 heteroatoms. The highest BCUT2D eigenvalue weighted by Crippen LogP contribution is 2.34. The molecule has 0 N–H and O–H groups in total. The Labute approximate surface area is 91.6 Å². The predicted molar refractivity (Wildman–Crippen MR) is 63.5 cm³/mol. The molecule has 1 aliphatic rings. The van der Waals surface area contributed by atoms with Crippen LogP contribution < -0.4 is 0 Å². The lowest BCUT2D eigenvalue weighted by Gasteiger charge is -2.28. The molecule has 1 aliphatic carbocycles. The Kier molecular flexibility index (Phi) is 5.38. The monoisotopic (exact) mass is 246 g/mol. The van der Waals surface area contributed by atoms with Crippen molar-refractivity contribution in [2.24, 2.45) is 5.41 Å². The van der Waals surface area contributed by atoms with Gasteiger partial charge in [0.15, 0.2) is 0 Å². The molecule has 0 aliphatic heterocycles. The van der Waals surface area contributed by atoms with E-state index in [0.717, 1.165) is 0 Å². The van der Waals surface area contributed by atoms with Crippen LogP contribution in [0.4, 0.5) is 0 Å². The molecule has 0 saturated heterocycles. The first-order chi connectivity index (χ1) is 6.27. The summed E-state index contributed by atoms with van der Waals surface area (Å²) in [4.78, 5) is 0. The van der Waals surface area contributed by atoms with E-state index in [9.17, 15) is 0 Å². The molecule has 0 bridgehead atoms. The van der Waals surface area contributed by atoms with Crippen LogP contribution in [0.5, 0.6) is 0 Å². The maximum atomic E-state index is 3.67. The second-order valence-electron chi connectivity index (χ2n) is 4.92. The van der Waals surface area contributed by atoms with Gasteiger partial charge in [-0.05, 0) is 18.3 Å². The van der Waals surface area contributed by atoms with Crippen LogP contribution in [0.3, 0.4) is 0 Å². The summed E-state index contributed by atoms with van der Waals surface area (Å²) in [6, 6.07) is 0. The van der Waals surface area contributed by atoms with Crippen LogP contribution in [-0.4, -0.2) is 5.33 Å². The molecule has 1 fully saturated rings. The number of halogens is 1. The standard InChI is InChI=1S/C12H23Br/c1-12(11-13)9-7-5-3-2-4-6-8-10-12/h2-11H2,1H3. The Hall–Kier alpha value is 0.480. The van der Waals surface area contributed by atoms with E-state index >= 15 is 0 Å². The highest BCUT2D eigenvalue weighted by atomic mass is 79.9. The summed E-state index contributed by atoms with van der Waals surface area (Å²) >= 11 is 3.67. The average Bonchev–Trinajstić information content (AvgIpc) is 2.16. The number of rotatable bonds is 1. The lowest BCUT2D eigenvalue weighted by molar-refractivity contribution is 0.284. The second kappa shape index (κ2) is 6.06. The van der Waals surface area contributed by atoms with Gasteiger partial charge in [-0.3, -0.25) is 0 Å². The molecular weight excluding hydrogens is 224 g/mol. The summed E-state index contributed by atoms with van der Waals surface area (Å²) in [6.45, 7) is 2.45. The van der Waals surface area contributed by atoms with Crippen LogP contribution in [0.2, 0.25) is 0 Å². The fourth-order valence-corrected chi connectivity index (χ4v) is 2.81. The van der Waals surface area contributed by atoms with E-state index in [1.165, 1.54) is 63.1 Å². The molecule has 0 nitrogen and oxygen atoms in total. The van der Waals surface area contributed by atoms with Gasteiger partial charge in [-0.2, -0.15) is 0 Å². The summed E-state index contributed by atoms with van der Waals surface area (Å²) in [6.07, 6.45) is 13.1. The Morgan fingerprint density at radius 1 is 0.846 bits per heavy atom. The van der Waals surface area contributed by atoms with Crippen molar-refractivity contribution in [2.45, 2.75) is 64.7 Å². The highest BCUT2D eigenvalue weighted by molar-refractivity contribution is 9.09. The van der Waals surface area contributed by atoms with E-state index in [4.69, 9.17) is 0 Å². The SMILES string of the molecule is CC1(CBr)CCCCCCCCC1. The summed E-state index contributed by atoms with van der Waals surface area (Å²) < 4.78 is 0. The third-order valence-corrected chi connectivity index (χ3v) is 4.74.